The molecule has 5 heteroatoms. The van der Waals surface area contributed by atoms with E-state index in [1.54, 1.807) is 6.92 Å². The van der Waals surface area contributed by atoms with E-state index in [-0.39, 0.29) is 18.4 Å². The Morgan fingerprint density at radius 3 is 2.67 bits per heavy atom. The van der Waals surface area contributed by atoms with Crippen LogP contribution < -0.4 is 10.8 Å². The van der Waals surface area contributed by atoms with Crippen molar-refractivity contribution < 1.29 is 14.4 Å². The zero-order chi connectivity index (χ0) is 9.40. The first kappa shape index (κ1) is 10.9. The normalized spacial score (nSPS) is 9.17. The van der Waals surface area contributed by atoms with Crippen molar-refractivity contribution in [3.05, 3.63) is 0 Å². The summed E-state index contributed by atoms with van der Waals surface area (Å²) >= 11 is 0. The van der Waals surface area contributed by atoms with Gasteiger partial charge in [-0.2, -0.15) is 0 Å². The first-order valence-corrected chi connectivity index (χ1v) is 3.77. The SMILES string of the molecule is CCC(=O)NCCO[N]C(C)=O. The molecule has 1 N–H and O–H groups in total. The molecule has 0 saturated heterocycles. The molecule has 0 aliphatic carbocycles. The molecule has 0 aromatic rings. The van der Waals surface area contributed by atoms with Crippen LogP contribution in [0.4, 0.5) is 0 Å². The summed E-state index contributed by atoms with van der Waals surface area (Å²) in [5.74, 6) is -0.418. The van der Waals surface area contributed by atoms with E-state index < -0.39 is 0 Å². The fraction of sp³-hybridized carbons (Fsp3) is 0.714. The van der Waals surface area contributed by atoms with Crippen LogP contribution in [0.1, 0.15) is 20.3 Å². The molecule has 0 rings (SSSR count). The van der Waals surface area contributed by atoms with Gasteiger partial charge in [-0.25, -0.2) is 4.84 Å². The standard InChI is InChI=1S/C7H13N2O3/c1-3-7(11)8-4-5-12-9-6(2)10/h3-5H2,1-2H3,(H,8,11). The number of hydrogen-bond donors (Lipinski definition) is 1. The molecule has 0 fully saturated rings. The van der Waals surface area contributed by atoms with E-state index in [2.05, 4.69) is 15.6 Å². The van der Waals surface area contributed by atoms with Crippen molar-refractivity contribution in [3.63, 3.8) is 0 Å². The van der Waals surface area contributed by atoms with Crippen molar-refractivity contribution in [1.82, 2.24) is 10.8 Å². The summed E-state index contributed by atoms with van der Waals surface area (Å²) in [4.78, 5) is 25.4. The highest BCUT2D eigenvalue weighted by Gasteiger charge is 1.96. The van der Waals surface area contributed by atoms with Gasteiger partial charge in [-0.05, 0) is 0 Å². The predicted molar refractivity (Wildman–Crippen MR) is 42.1 cm³/mol. The first-order chi connectivity index (χ1) is 5.66. The summed E-state index contributed by atoms with van der Waals surface area (Å²) in [6.07, 6.45) is 0.448. The van der Waals surface area contributed by atoms with Gasteiger partial charge in [0.2, 0.25) is 5.91 Å². The van der Waals surface area contributed by atoms with Gasteiger partial charge in [0, 0.05) is 19.9 Å². The second kappa shape index (κ2) is 6.60. The third kappa shape index (κ3) is 7.01. The molecule has 0 heterocycles. The largest absolute Gasteiger partial charge is 0.354 e. The molecule has 69 valence electrons. The average Bonchev–Trinajstić information content (AvgIpc) is 2.03. The lowest BCUT2D eigenvalue weighted by Gasteiger charge is -2.01. The number of rotatable bonds is 5. The molecule has 0 bridgehead atoms. The Bertz CT molecular complexity index is 159. The third-order valence-corrected chi connectivity index (χ3v) is 1.03. The van der Waals surface area contributed by atoms with Crippen LogP contribution in [0.25, 0.3) is 0 Å². The lowest BCUT2D eigenvalue weighted by Crippen LogP contribution is -2.27. The Morgan fingerprint density at radius 2 is 2.17 bits per heavy atom. The molecule has 0 aliphatic heterocycles. The van der Waals surface area contributed by atoms with E-state index in [0.29, 0.717) is 13.0 Å². The number of amides is 2. The van der Waals surface area contributed by atoms with Gasteiger partial charge in [0.15, 0.2) is 0 Å². The molecule has 1 radical (unpaired) electrons. The van der Waals surface area contributed by atoms with Gasteiger partial charge in [0.05, 0.1) is 6.61 Å². The van der Waals surface area contributed by atoms with Crippen LogP contribution in [0.2, 0.25) is 0 Å². The summed E-state index contributed by atoms with van der Waals surface area (Å²) in [5.41, 5.74) is 3.16. The van der Waals surface area contributed by atoms with Crippen molar-refractivity contribution in [3.8, 4) is 0 Å². The lowest BCUT2D eigenvalue weighted by molar-refractivity contribution is -0.132. The molecule has 0 unspecified atom stereocenters. The van der Waals surface area contributed by atoms with Gasteiger partial charge >= 0.3 is 0 Å². The van der Waals surface area contributed by atoms with Gasteiger partial charge in [0.1, 0.15) is 0 Å². The van der Waals surface area contributed by atoms with Crippen molar-refractivity contribution in [2.24, 2.45) is 0 Å². The summed E-state index contributed by atoms with van der Waals surface area (Å²) in [6.45, 7) is 3.66. The van der Waals surface area contributed by atoms with Crippen LogP contribution in [0, 0.1) is 0 Å². The van der Waals surface area contributed by atoms with E-state index in [1.807, 2.05) is 0 Å². The van der Waals surface area contributed by atoms with Gasteiger partial charge < -0.3 is 5.32 Å². The number of hydrogen-bond acceptors (Lipinski definition) is 3. The van der Waals surface area contributed by atoms with E-state index in [9.17, 15) is 9.59 Å². The fourth-order valence-electron chi connectivity index (χ4n) is 0.498. The molecule has 12 heavy (non-hydrogen) atoms. The smallest absolute Gasteiger partial charge is 0.266 e. The summed E-state index contributed by atoms with van der Waals surface area (Å²) in [7, 11) is 0. The predicted octanol–water partition coefficient (Wildman–Crippen LogP) is -0.405. The minimum atomic E-state index is -0.378. The topological polar surface area (TPSA) is 69.5 Å². The minimum absolute atomic E-state index is 0.0403. The van der Waals surface area contributed by atoms with Crippen molar-refractivity contribution in [2.75, 3.05) is 13.2 Å². The van der Waals surface area contributed by atoms with Gasteiger partial charge in [-0.1, -0.05) is 12.4 Å². The van der Waals surface area contributed by atoms with E-state index >= 15 is 0 Å². The first-order valence-electron chi connectivity index (χ1n) is 3.77. The number of carbonyl (C=O) groups is 2. The summed E-state index contributed by atoms with van der Waals surface area (Å²) in [5, 5.41) is 2.57. The van der Waals surface area contributed by atoms with Gasteiger partial charge in [0.25, 0.3) is 5.91 Å². The summed E-state index contributed by atoms with van der Waals surface area (Å²) < 4.78 is 0. The molecule has 0 atom stereocenters. The molecule has 0 aliphatic rings. The monoisotopic (exact) mass is 173 g/mol. The lowest BCUT2D eigenvalue weighted by atomic mass is 10.4. The van der Waals surface area contributed by atoms with Crippen molar-refractivity contribution in [2.45, 2.75) is 20.3 Å². The highest BCUT2D eigenvalue weighted by molar-refractivity contribution is 5.75. The van der Waals surface area contributed by atoms with Crippen LogP contribution in [-0.4, -0.2) is 25.0 Å². The van der Waals surface area contributed by atoms with Crippen LogP contribution in [-0.2, 0) is 14.4 Å². The van der Waals surface area contributed by atoms with Crippen LogP contribution in [0.15, 0.2) is 0 Å². The Labute approximate surface area is 71.4 Å². The zero-order valence-electron chi connectivity index (χ0n) is 7.29. The molecular formula is C7H13N2O3. The molecule has 0 aromatic heterocycles. The minimum Gasteiger partial charge on any atom is -0.354 e. The van der Waals surface area contributed by atoms with Crippen molar-refractivity contribution in [1.29, 1.82) is 0 Å². The van der Waals surface area contributed by atoms with E-state index in [4.69, 9.17) is 0 Å². The zero-order valence-corrected chi connectivity index (χ0v) is 7.29. The number of hydroxylamine groups is 1. The Morgan fingerprint density at radius 1 is 1.50 bits per heavy atom. The fourth-order valence-corrected chi connectivity index (χ4v) is 0.498. The maximum absolute atomic E-state index is 10.6. The van der Waals surface area contributed by atoms with Crippen LogP contribution in [0.5, 0.6) is 0 Å². The number of carbonyl (C=O) groups excluding carboxylic acids is 2. The summed E-state index contributed by atoms with van der Waals surface area (Å²) in [6, 6.07) is 0. The molecule has 0 saturated carbocycles. The molecular weight excluding hydrogens is 160 g/mol. The Hall–Kier alpha value is -1.10. The molecule has 0 spiro atoms. The molecule has 5 nitrogen and oxygen atoms in total. The van der Waals surface area contributed by atoms with Gasteiger partial charge in [-0.15, -0.1) is 0 Å². The number of nitrogens with zero attached hydrogens (tertiary/aromatic N) is 1. The van der Waals surface area contributed by atoms with Crippen LogP contribution >= 0.6 is 0 Å². The molecule has 0 aromatic carbocycles. The quantitative estimate of drug-likeness (QED) is 0.454. The Kier molecular flexibility index (Phi) is 6.00. The third-order valence-electron chi connectivity index (χ3n) is 1.03. The Balaban J connectivity index is 3.11. The second-order valence-electron chi connectivity index (χ2n) is 2.15. The van der Waals surface area contributed by atoms with E-state index in [1.165, 1.54) is 6.92 Å². The van der Waals surface area contributed by atoms with E-state index in [0.717, 1.165) is 0 Å². The average molecular weight is 173 g/mol. The second-order valence-corrected chi connectivity index (χ2v) is 2.15. The molecule has 2 amide bonds. The highest BCUT2D eigenvalue weighted by atomic mass is 16.6. The maximum Gasteiger partial charge on any atom is 0.266 e. The van der Waals surface area contributed by atoms with Crippen molar-refractivity contribution >= 4 is 11.8 Å². The number of nitrogens with one attached hydrogen (secondary N) is 1. The van der Waals surface area contributed by atoms with Crippen LogP contribution in [0.3, 0.4) is 0 Å². The van der Waals surface area contributed by atoms with Gasteiger partial charge in [-0.3, -0.25) is 9.59 Å². The maximum atomic E-state index is 10.6. The highest BCUT2D eigenvalue weighted by Crippen LogP contribution is 1.75.